The van der Waals surface area contributed by atoms with Crippen molar-refractivity contribution in [1.82, 2.24) is 15.1 Å². The molecule has 2 rings (SSSR count). The molecule has 3 heteroatoms. The monoisotopic (exact) mass is 211 g/mol. The molecule has 88 valence electrons. The molecule has 0 aromatic heterocycles. The lowest BCUT2D eigenvalue weighted by atomic mass is 10.1. The highest BCUT2D eigenvalue weighted by Gasteiger charge is 2.29. The van der Waals surface area contributed by atoms with Gasteiger partial charge in [0.25, 0.3) is 0 Å². The van der Waals surface area contributed by atoms with Gasteiger partial charge in [-0.15, -0.1) is 0 Å². The lowest BCUT2D eigenvalue weighted by Gasteiger charge is -2.34. The molecule has 0 radical (unpaired) electrons. The van der Waals surface area contributed by atoms with E-state index in [1.165, 1.54) is 52.1 Å². The molecule has 15 heavy (non-hydrogen) atoms. The number of hydrogen-bond acceptors (Lipinski definition) is 3. The molecule has 0 spiro atoms. The van der Waals surface area contributed by atoms with Crippen molar-refractivity contribution in [2.75, 3.05) is 39.3 Å². The first-order valence-electron chi connectivity index (χ1n) is 6.50. The summed E-state index contributed by atoms with van der Waals surface area (Å²) in [6.07, 6.45) is 3.49. The zero-order valence-corrected chi connectivity index (χ0v) is 10.2. The summed E-state index contributed by atoms with van der Waals surface area (Å²) in [4.78, 5) is 5.33. The maximum atomic E-state index is 3.52. The molecule has 2 saturated heterocycles. The molecule has 1 N–H and O–H groups in total. The van der Waals surface area contributed by atoms with Gasteiger partial charge >= 0.3 is 0 Å². The molecular formula is C12H25N3. The summed E-state index contributed by atoms with van der Waals surface area (Å²) < 4.78 is 0. The predicted octanol–water partition coefficient (Wildman–Crippen LogP) is 0.970. The van der Waals surface area contributed by atoms with Crippen molar-refractivity contribution in [3.8, 4) is 0 Å². The van der Waals surface area contributed by atoms with Crippen LogP contribution in [0.15, 0.2) is 0 Å². The molecule has 0 saturated carbocycles. The third-order valence-corrected chi connectivity index (χ3v) is 3.77. The molecule has 2 atom stereocenters. The summed E-state index contributed by atoms with van der Waals surface area (Å²) >= 11 is 0. The molecule has 2 aliphatic rings. The minimum atomic E-state index is 0.734. The molecular weight excluding hydrogens is 186 g/mol. The number of hydrogen-bond donors (Lipinski definition) is 1. The fourth-order valence-corrected chi connectivity index (χ4v) is 2.99. The average molecular weight is 211 g/mol. The maximum Gasteiger partial charge on any atom is 0.0623 e. The molecule has 0 aliphatic carbocycles. The summed E-state index contributed by atoms with van der Waals surface area (Å²) in [7, 11) is 0. The maximum absolute atomic E-state index is 3.52. The zero-order valence-electron chi connectivity index (χ0n) is 10.2. The van der Waals surface area contributed by atoms with Gasteiger partial charge in [-0.25, -0.2) is 0 Å². The standard InChI is InChI=1S/C12H25N3/c1-3-14-7-4-5-12(14)15-8-6-13-9-11(2)10-15/h11-13H,3-10H2,1-2H3. The Labute approximate surface area is 93.8 Å². The van der Waals surface area contributed by atoms with Gasteiger partial charge in [-0.2, -0.15) is 0 Å². The zero-order chi connectivity index (χ0) is 10.7. The minimum Gasteiger partial charge on any atom is -0.315 e. The third kappa shape index (κ3) is 2.71. The van der Waals surface area contributed by atoms with Crippen LogP contribution in [0.3, 0.4) is 0 Å². The smallest absolute Gasteiger partial charge is 0.0623 e. The largest absolute Gasteiger partial charge is 0.315 e. The second-order valence-electron chi connectivity index (χ2n) is 5.06. The second-order valence-corrected chi connectivity index (χ2v) is 5.06. The van der Waals surface area contributed by atoms with Crippen LogP contribution < -0.4 is 5.32 Å². The minimum absolute atomic E-state index is 0.734. The normalized spacial score (nSPS) is 35.6. The van der Waals surface area contributed by atoms with E-state index in [4.69, 9.17) is 0 Å². The van der Waals surface area contributed by atoms with Gasteiger partial charge in [0.2, 0.25) is 0 Å². The Morgan fingerprint density at radius 2 is 2.20 bits per heavy atom. The van der Waals surface area contributed by atoms with E-state index in [-0.39, 0.29) is 0 Å². The number of nitrogens with one attached hydrogen (secondary N) is 1. The SMILES string of the molecule is CCN1CCCC1N1CCNCC(C)C1. The number of likely N-dealkylation sites (tertiary alicyclic amines) is 1. The van der Waals surface area contributed by atoms with Crippen molar-refractivity contribution in [2.45, 2.75) is 32.9 Å². The van der Waals surface area contributed by atoms with Gasteiger partial charge < -0.3 is 5.32 Å². The van der Waals surface area contributed by atoms with E-state index in [1.54, 1.807) is 0 Å². The van der Waals surface area contributed by atoms with Crippen LogP contribution in [0, 0.1) is 5.92 Å². The van der Waals surface area contributed by atoms with Gasteiger partial charge in [-0.3, -0.25) is 9.80 Å². The van der Waals surface area contributed by atoms with Crippen molar-refractivity contribution in [3.63, 3.8) is 0 Å². The van der Waals surface area contributed by atoms with Crippen LogP contribution in [-0.2, 0) is 0 Å². The van der Waals surface area contributed by atoms with Gasteiger partial charge in [-0.05, 0) is 38.4 Å². The lowest BCUT2D eigenvalue weighted by Crippen LogP contribution is -2.46. The van der Waals surface area contributed by atoms with Crippen LogP contribution in [0.25, 0.3) is 0 Å². The molecule has 3 nitrogen and oxygen atoms in total. The molecule has 0 aromatic rings. The van der Waals surface area contributed by atoms with Crippen LogP contribution >= 0.6 is 0 Å². The second kappa shape index (κ2) is 5.28. The topological polar surface area (TPSA) is 18.5 Å². The van der Waals surface area contributed by atoms with Crippen LogP contribution in [0.1, 0.15) is 26.7 Å². The van der Waals surface area contributed by atoms with Gasteiger partial charge in [0, 0.05) is 19.6 Å². The quantitative estimate of drug-likeness (QED) is 0.734. The highest BCUT2D eigenvalue weighted by atomic mass is 15.4. The summed E-state index contributed by atoms with van der Waals surface area (Å²) in [5, 5.41) is 3.52. The molecule has 0 amide bonds. The lowest BCUT2D eigenvalue weighted by molar-refractivity contribution is 0.0758. The van der Waals surface area contributed by atoms with Crippen LogP contribution in [0.4, 0.5) is 0 Å². The molecule has 2 aliphatic heterocycles. The highest BCUT2D eigenvalue weighted by molar-refractivity contribution is 4.82. The Balaban J connectivity index is 1.95. The van der Waals surface area contributed by atoms with Crippen LogP contribution in [0.5, 0.6) is 0 Å². The average Bonchev–Trinajstić information content (AvgIpc) is 2.61. The van der Waals surface area contributed by atoms with E-state index >= 15 is 0 Å². The Bertz CT molecular complexity index is 195. The summed E-state index contributed by atoms with van der Waals surface area (Å²) in [5.41, 5.74) is 0. The number of nitrogens with zero attached hydrogens (tertiary/aromatic N) is 2. The van der Waals surface area contributed by atoms with E-state index < -0.39 is 0 Å². The molecule has 2 heterocycles. The Hall–Kier alpha value is -0.120. The first kappa shape index (κ1) is 11.4. The van der Waals surface area contributed by atoms with E-state index in [9.17, 15) is 0 Å². The van der Waals surface area contributed by atoms with Gasteiger partial charge in [-0.1, -0.05) is 13.8 Å². The van der Waals surface area contributed by atoms with Crippen molar-refractivity contribution in [3.05, 3.63) is 0 Å². The fraction of sp³-hybridized carbons (Fsp3) is 1.00. The van der Waals surface area contributed by atoms with Gasteiger partial charge in [0.15, 0.2) is 0 Å². The Kier molecular flexibility index (Phi) is 4.00. The van der Waals surface area contributed by atoms with Crippen molar-refractivity contribution in [2.24, 2.45) is 5.92 Å². The third-order valence-electron chi connectivity index (χ3n) is 3.77. The first-order chi connectivity index (χ1) is 7.31. The number of rotatable bonds is 2. The van der Waals surface area contributed by atoms with Gasteiger partial charge in [0.05, 0.1) is 6.17 Å². The fourth-order valence-electron chi connectivity index (χ4n) is 2.99. The van der Waals surface area contributed by atoms with Gasteiger partial charge in [0.1, 0.15) is 0 Å². The van der Waals surface area contributed by atoms with E-state index in [2.05, 4.69) is 29.0 Å². The van der Waals surface area contributed by atoms with Crippen LogP contribution in [-0.4, -0.2) is 55.2 Å². The first-order valence-corrected chi connectivity index (χ1v) is 6.50. The van der Waals surface area contributed by atoms with Crippen LogP contribution in [0.2, 0.25) is 0 Å². The van der Waals surface area contributed by atoms with Crippen molar-refractivity contribution in [1.29, 1.82) is 0 Å². The molecule has 2 fully saturated rings. The molecule has 0 aromatic carbocycles. The van der Waals surface area contributed by atoms with Crippen molar-refractivity contribution < 1.29 is 0 Å². The Morgan fingerprint density at radius 1 is 1.33 bits per heavy atom. The highest BCUT2D eigenvalue weighted by Crippen LogP contribution is 2.21. The van der Waals surface area contributed by atoms with E-state index in [1.807, 2.05) is 0 Å². The summed E-state index contributed by atoms with van der Waals surface area (Å²) in [6, 6.07) is 0. The van der Waals surface area contributed by atoms with Crippen molar-refractivity contribution >= 4 is 0 Å². The summed E-state index contributed by atoms with van der Waals surface area (Å²) in [6.45, 7) is 12.0. The summed E-state index contributed by atoms with van der Waals surface area (Å²) in [5.74, 6) is 0.798. The molecule has 0 bridgehead atoms. The van der Waals surface area contributed by atoms with E-state index in [0.29, 0.717) is 0 Å². The predicted molar refractivity (Wildman–Crippen MR) is 63.9 cm³/mol. The van der Waals surface area contributed by atoms with E-state index in [0.717, 1.165) is 12.1 Å². The molecule has 2 unspecified atom stereocenters. The Morgan fingerprint density at radius 3 is 3.00 bits per heavy atom.